The van der Waals surface area contributed by atoms with Gasteiger partial charge >= 0.3 is 6.03 Å². The van der Waals surface area contributed by atoms with Crippen LogP contribution in [0.2, 0.25) is 0 Å². The summed E-state index contributed by atoms with van der Waals surface area (Å²) in [5.74, 6) is 5.96. The van der Waals surface area contributed by atoms with Crippen LogP contribution < -0.4 is 20.7 Å². The summed E-state index contributed by atoms with van der Waals surface area (Å²) in [5.41, 5.74) is 1.11. The van der Waals surface area contributed by atoms with Gasteiger partial charge in [0.15, 0.2) is 5.96 Å². The van der Waals surface area contributed by atoms with E-state index in [9.17, 15) is 14.4 Å². The number of nitrogens with zero attached hydrogens (tertiary/aromatic N) is 3. The van der Waals surface area contributed by atoms with E-state index in [0.29, 0.717) is 29.4 Å². The normalized spacial score (nSPS) is 20.6. The quantitative estimate of drug-likeness (QED) is 0.199. The lowest BCUT2D eigenvalue weighted by atomic mass is 9.99. The molecular formula is C28H31N7O4. The third-order valence-corrected chi connectivity index (χ3v) is 7.27. The highest BCUT2D eigenvalue weighted by Crippen LogP contribution is 2.28. The number of imide groups is 1. The Hall–Kier alpha value is -4.56. The first kappa shape index (κ1) is 26.1. The predicted molar refractivity (Wildman–Crippen MR) is 145 cm³/mol. The number of guanidine groups is 1. The Kier molecular flexibility index (Phi) is 7.13. The zero-order chi connectivity index (χ0) is 27.6. The molecule has 0 spiro atoms. The second-order valence-corrected chi connectivity index (χ2v) is 9.72. The van der Waals surface area contributed by atoms with Gasteiger partial charge in [-0.25, -0.2) is 4.79 Å². The number of benzene rings is 2. The van der Waals surface area contributed by atoms with Crippen molar-refractivity contribution >= 4 is 29.5 Å². The van der Waals surface area contributed by atoms with Crippen molar-refractivity contribution in [3.05, 3.63) is 59.2 Å². The van der Waals surface area contributed by atoms with Crippen LogP contribution in [0.15, 0.2) is 42.5 Å². The van der Waals surface area contributed by atoms with Gasteiger partial charge in [-0.1, -0.05) is 24.8 Å². The van der Waals surface area contributed by atoms with Crippen molar-refractivity contribution < 1.29 is 19.1 Å². The minimum Gasteiger partial charge on any atom is -0.497 e. The van der Waals surface area contributed by atoms with E-state index in [4.69, 9.17) is 10.1 Å². The summed E-state index contributed by atoms with van der Waals surface area (Å²) in [7, 11) is 1.53. The molecule has 11 heteroatoms. The first-order chi connectivity index (χ1) is 18.8. The van der Waals surface area contributed by atoms with Crippen LogP contribution in [0.5, 0.6) is 5.75 Å². The molecule has 2 fully saturated rings. The van der Waals surface area contributed by atoms with Gasteiger partial charge < -0.3 is 30.1 Å². The Balaban J connectivity index is 1.28. The largest absolute Gasteiger partial charge is 0.497 e. The SMILES string of the molecule is CCN1CCN(C(=N)Nc2ccc(C#CC3(CN4Cc5ccc(OC)cc5C4=O)NC(=O)NC3=O)cc2)CC1. The van der Waals surface area contributed by atoms with Gasteiger partial charge in [0.2, 0.25) is 5.54 Å². The summed E-state index contributed by atoms with van der Waals surface area (Å²) >= 11 is 0. The number of likely N-dealkylation sites (N-methyl/N-ethyl adjacent to an activating group) is 1. The van der Waals surface area contributed by atoms with Crippen molar-refractivity contribution in [1.82, 2.24) is 25.3 Å². The molecule has 0 saturated carbocycles. The number of carbonyl (C=O) groups excluding carboxylic acids is 3. The highest BCUT2D eigenvalue weighted by atomic mass is 16.5. The molecule has 1 unspecified atom stereocenters. The molecule has 5 rings (SSSR count). The number of anilines is 1. The van der Waals surface area contributed by atoms with Crippen molar-refractivity contribution in [2.45, 2.75) is 19.0 Å². The first-order valence-electron chi connectivity index (χ1n) is 12.9. The minimum absolute atomic E-state index is 0.102. The van der Waals surface area contributed by atoms with Crippen molar-refractivity contribution in [1.29, 1.82) is 5.41 Å². The number of amides is 4. The summed E-state index contributed by atoms with van der Waals surface area (Å²) in [6.45, 7) is 6.82. The fourth-order valence-corrected chi connectivity index (χ4v) is 4.93. The predicted octanol–water partition coefficient (Wildman–Crippen LogP) is 1.27. The molecule has 2 aromatic carbocycles. The van der Waals surface area contributed by atoms with Crippen LogP contribution in [0.25, 0.3) is 0 Å². The lowest BCUT2D eigenvalue weighted by Gasteiger charge is -2.35. The van der Waals surface area contributed by atoms with Gasteiger partial charge in [-0.15, -0.1) is 0 Å². The number of fused-ring (bicyclic) bond motifs is 1. The van der Waals surface area contributed by atoms with E-state index in [-0.39, 0.29) is 12.5 Å². The van der Waals surface area contributed by atoms with Gasteiger partial charge in [0.1, 0.15) is 5.75 Å². The number of hydrogen-bond acceptors (Lipinski definition) is 6. The zero-order valence-corrected chi connectivity index (χ0v) is 22.0. The standard InChI is InChI=1S/C28H31N7O4/c1-3-33-12-14-34(15-13-33)26(29)30-21-7-4-19(5-8-21)10-11-28(25(37)31-27(38)32-28)18-35-17-20-6-9-22(39-2)16-23(20)24(35)36/h4-9,16H,3,12-15,17-18H2,1-2H3,(H2,29,30)(H2,31,32,37,38). The topological polar surface area (TPSA) is 130 Å². The van der Waals surface area contributed by atoms with Crippen molar-refractivity contribution in [2.24, 2.45) is 0 Å². The number of methoxy groups -OCH3 is 1. The summed E-state index contributed by atoms with van der Waals surface area (Å²) in [4.78, 5) is 43.9. The highest BCUT2D eigenvalue weighted by Gasteiger charge is 2.48. The summed E-state index contributed by atoms with van der Waals surface area (Å²) in [5, 5.41) is 16.4. The zero-order valence-electron chi connectivity index (χ0n) is 22.0. The number of rotatable bonds is 5. The molecule has 0 aromatic heterocycles. The molecule has 11 nitrogen and oxygen atoms in total. The van der Waals surface area contributed by atoms with Gasteiger partial charge in [0.05, 0.1) is 13.7 Å². The van der Waals surface area contributed by atoms with Crippen LogP contribution in [0.3, 0.4) is 0 Å². The van der Waals surface area contributed by atoms with E-state index in [1.54, 1.807) is 24.3 Å². The van der Waals surface area contributed by atoms with Crippen molar-refractivity contribution in [3.63, 3.8) is 0 Å². The molecule has 202 valence electrons. The minimum atomic E-state index is -1.58. The Morgan fingerprint density at radius 3 is 2.49 bits per heavy atom. The smallest absolute Gasteiger partial charge is 0.323 e. The molecule has 3 heterocycles. The van der Waals surface area contributed by atoms with E-state index in [0.717, 1.165) is 44.0 Å². The number of hydrogen-bond donors (Lipinski definition) is 4. The van der Waals surface area contributed by atoms with Crippen LogP contribution in [0.1, 0.15) is 28.4 Å². The van der Waals surface area contributed by atoms with E-state index >= 15 is 0 Å². The second kappa shape index (κ2) is 10.7. The molecular weight excluding hydrogens is 498 g/mol. The summed E-state index contributed by atoms with van der Waals surface area (Å²) in [6.07, 6.45) is 0. The first-order valence-corrected chi connectivity index (χ1v) is 12.9. The molecule has 4 N–H and O–H groups in total. The third-order valence-electron chi connectivity index (χ3n) is 7.27. The lowest BCUT2D eigenvalue weighted by Crippen LogP contribution is -2.54. The van der Waals surface area contributed by atoms with Crippen LogP contribution >= 0.6 is 0 Å². The number of urea groups is 1. The van der Waals surface area contributed by atoms with Crippen molar-refractivity contribution in [3.8, 4) is 17.6 Å². The molecule has 3 aliphatic heterocycles. The molecule has 1 atom stereocenters. The number of carbonyl (C=O) groups is 3. The molecule has 2 saturated heterocycles. The van der Waals surface area contributed by atoms with Crippen LogP contribution in [-0.4, -0.2) is 90.4 Å². The molecule has 3 aliphatic rings. The number of piperazine rings is 1. The maximum Gasteiger partial charge on any atom is 0.323 e. The Morgan fingerprint density at radius 1 is 1.10 bits per heavy atom. The molecule has 0 radical (unpaired) electrons. The maximum atomic E-state index is 13.1. The van der Waals surface area contributed by atoms with E-state index in [2.05, 4.69) is 39.6 Å². The number of nitrogens with one attached hydrogen (secondary N) is 4. The monoisotopic (exact) mass is 529 g/mol. The highest BCUT2D eigenvalue weighted by molar-refractivity contribution is 6.10. The molecule has 39 heavy (non-hydrogen) atoms. The average Bonchev–Trinajstić information content (AvgIpc) is 3.41. The lowest BCUT2D eigenvalue weighted by molar-refractivity contribution is -0.122. The van der Waals surface area contributed by atoms with Crippen LogP contribution in [-0.2, 0) is 11.3 Å². The van der Waals surface area contributed by atoms with Gasteiger partial charge in [0, 0.05) is 49.5 Å². The average molecular weight is 530 g/mol. The molecule has 0 bridgehead atoms. The Labute approximate surface area is 227 Å². The van der Waals surface area contributed by atoms with E-state index < -0.39 is 17.5 Å². The fraction of sp³-hybridized carbons (Fsp3) is 0.357. The van der Waals surface area contributed by atoms with E-state index in [1.165, 1.54) is 12.0 Å². The Morgan fingerprint density at radius 2 is 1.85 bits per heavy atom. The maximum absolute atomic E-state index is 13.1. The van der Waals surface area contributed by atoms with Gasteiger partial charge in [0.25, 0.3) is 11.8 Å². The van der Waals surface area contributed by atoms with Crippen LogP contribution in [0, 0.1) is 17.3 Å². The summed E-state index contributed by atoms with van der Waals surface area (Å²) < 4.78 is 5.23. The summed E-state index contributed by atoms with van der Waals surface area (Å²) in [6, 6.07) is 11.8. The molecule has 4 amide bonds. The van der Waals surface area contributed by atoms with Crippen molar-refractivity contribution in [2.75, 3.05) is 51.7 Å². The van der Waals surface area contributed by atoms with Gasteiger partial charge in [-0.2, -0.15) is 0 Å². The third kappa shape index (κ3) is 5.37. The molecule has 0 aliphatic carbocycles. The number of ether oxygens (including phenoxy) is 1. The fourth-order valence-electron chi connectivity index (χ4n) is 4.93. The van der Waals surface area contributed by atoms with Gasteiger partial charge in [-0.3, -0.25) is 20.3 Å². The van der Waals surface area contributed by atoms with Gasteiger partial charge in [-0.05, 0) is 48.5 Å². The van der Waals surface area contributed by atoms with Crippen LogP contribution in [0.4, 0.5) is 10.5 Å². The molecule has 2 aromatic rings. The second-order valence-electron chi connectivity index (χ2n) is 9.72. The van der Waals surface area contributed by atoms with E-state index in [1.807, 2.05) is 23.1 Å². The Bertz CT molecular complexity index is 1370.